The summed E-state index contributed by atoms with van der Waals surface area (Å²) in [7, 11) is 0. The lowest BCUT2D eigenvalue weighted by Gasteiger charge is -2.14. The van der Waals surface area contributed by atoms with Crippen LogP contribution in [0.2, 0.25) is 0 Å². The minimum Gasteiger partial charge on any atom is -0.366 e. The molecule has 0 aromatic heterocycles. The molecule has 2 aromatic rings. The normalized spacial score (nSPS) is 11.7. The van der Waals surface area contributed by atoms with Crippen LogP contribution in [-0.2, 0) is 0 Å². The van der Waals surface area contributed by atoms with E-state index in [4.69, 9.17) is 5.26 Å². The van der Waals surface area contributed by atoms with Gasteiger partial charge in [0.2, 0.25) is 0 Å². The Morgan fingerprint density at radius 1 is 1.05 bits per heavy atom. The zero-order valence-electron chi connectivity index (χ0n) is 10.3. The van der Waals surface area contributed by atoms with Crippen molar-refractivity contribution >= 4 is 5.69 Å². The molecule has 0 aliphatic rings. The highest BCUT2D eigenvalue weighted by Crippen LogP contribution is 2.21. The molecule has 1 atom stereocenters. The maximum absolute atomic E-state index is 13.3. The Morgan fingerprint density at radius 2 is 1.74 bits per heavy atom. The van der Waals surface area contributed by atoms with E-state index < -0.39 is 6.04 Å². The molecule has 2 rings (SSSR count). The molecular weight excluding hydrogens is 246 g/mol. The van der Waals surface area contributed by atoms with Crippen LogP contribution in [0.4, 0.5) is 14.5 Å². The van der Waals surface area contributed by atoms with Gasteiger partial charge < -0.3 is 5.32 Å². The monoisotopic (exact) mass is 258 g/mol. The smallest absolute Gasteiger partial charge is 0.140 e. The van der Waals surface area contributed by atoms with E-state index in [1.807, 2.05) is 0 Å². The quantitative estimate of drug-likeness (QED) is 0.904. The first-order valence-electron chi connectivity index (χ1n) is 5.77. The highest BCUT2D eigenvalue weighted by Gasteiger charge is 2.11. The Balaban J connectivity index is 2.24. The number of aryl methyl sites for hydroxylation is 1. The molecule has 0 saturated carbocycles. The summed E-state index contributed by atoms with van der Waals surface area (Å²) >= 11 is 0. The Kier molecular flexibility index (Phi) is 3.76. The van der Waals surface area contributed by atoms with E-state index in [1.165, 1.54) is 36.4 Å². The van der Waals surface area contributed by atoms with Gasteiger partial charge in [0, 0.05) is 5.69 Å². The molecule has 0 amide bonds. The second-order valence-corrected chi connectivity index (χ2v) is 4.28. The van der Waals surface area contributed by atoms with Crippen molar-refractivity contribution in [1.29, 1.82) is 5.26 Å². The Bertz CT molecular complexity index is 595. The van der Waals surface area contributed by atoms with Crippen LogP contribution in [0.1, 0.15) is 17.2 Å². The van der Waals surface area contributed by atoms with E-state index >= 15 is 0 Å². The molecule has 2 aromatic carbocycles. The maximum Gasteiger partial charge on any atom is 0.140 e. The third kappa shape index (κ3) is 3.29. The Morgan fingerprint density at radius 3 is 2.32 bits per heavy atom. The van der Waals surface area contributed by atoms with Gasteiger partial charge in [0.1, 0.15) is 17.7 Å². The van der Waals surface area contributed by atoms with E-state index in [9.17, 15) is 8.78 Å². The number of nitrogens with zero attached hydrogens (tertiary/aromatic N) is 1. The zero-order valence-corrected chi connectivity index (χ0v) is 10.3. The highest BCUT2D eigenvalue weighted by atomic mass is 19.1. The molecule has 0 aliphatic carbocycles. The first-order valence-corrected chi connectivity index (χ1v) is 5.77. The van der Waals surface area contributed by atoms with Gasteiger partial charge >= 0.3 is 0 Å². The van der Waals surface area contributed by atoms with Crippen LogP contribution >= 0.6 is 0 Å². The molecule has 0 heterocycles. The summed E-state index contributed by atoms with van der Waals surface area (Å²) in [6.45, 7) is 1.77. The van der Waals surface area contributed by atoms with E-state index in [1.54, 1.807) is 13.0 Å². The van der Waals surface area contributed by atoms with Gasteiger partial charge in [-0.3, -0.25) is 0 Å². The fraction of sp³-hybridized carbons (Fsp3) is 0.133. The maximum atomic E-state index is 13.3. The molecule has 0 fully saturated rings. The van der Waals surface area contributed by atoms with Crippen molar-refractivity contribution < 1.29 is 8.78 Å². The number of nitrogens with one attached hydrogen (secondary N) is 1. The molecule has 0 spiro atoms. The summed E-state index contributed by atoms with van der Waals surface area (Å²) < 4.78 is 26.1. The summed E-state index contributed by atoms with van der Waals surface area (Å²) in [6, 6.07) is 11.5. The fourth-order valence-electron chi connectivity index (χ4n) is 1.83. The van der Waals surface area contributed by atoms with E-state index in [-0.39, 0.29) is 11.6 Å². The Labute approximate surface area is 110 Å². The zero-order chi connectivity index (χ0) is 13.8. The van der Waals surface area contributed by atoms with Gasteiger partial charge in [-0.25, -0.2) is 8.78 Å². The summed E-state index contributed by atoms with van der Waals surface area (Å²) in [5, 5.41) is 12.1. The predicted octanol–water partition coefficient (Wildman–Crippen LogP) is 3.95. The van der Waals surface area contributed by atoms with Crippen molar-refractivity contribution in [1.82, 2.24) is 0 Å². The number of anilines is 1. The van der Waals surface area contributed by atoms with Crippen LogP contribution in [0.3, 0.4) is 0 Å². The van der Waals surface area contributed by atoms with Gasteiger partial charge in [-0.15, -0.1) is 0 Å². The summed E-state index contributed by atoms with van der Waals surface area (Å²) in [5.41, 5.74) is 1.91. The summed E-state index contributed by atoms with van der Waals surface area (Å²) in [6.07, 6.45) is 0. The molecule has 19 heavy (non-hydrogen) atoms. The second kappa shape index (κ2) is 5.49. The van der Waals surface area contributed by atoms with Crippen LogP contribution in [-0.4, -0.2) is 0 Å². The first-order chi connectivity index (χ1) is 9.08. The third-order valence-electron chi connectivity index (χ3n) is 2.69. The second-order valence-electron chi connectivity index (χ2n) is 4.28. The largest absolute Gasteiger partial charge is 0.366 e. The minimum atomic E-state index is -0.651. The lowest BCUT2D eigenvalue weighted by atomic mass is 10.1. The molecule has 0 saturated heterocycles. The topological polar surface area (TPSA) is 35.8 Å². The molecule has 0 bridgehead atoms. The number of hydrogen-bond donors (Lipinski definition) is 1. The number of hydrogen-bond acceptors (Lipinski definition) is 2. The number of halogens is 2. The van der Waals surface area contributed by atoms with Crippen LogP contribution in [0.25, 0.3) is 0 Å². The standard InChI is InChI=1S/C15H12F2N2/c1-10-6-13(17)8-14(7-10)19-15(9-18)11-2-4-12(16)5-3-11/h2-8,15,19H,1H3. The molecule has 96 valence electrons. The van der Waals surface area contributed by atoms with Gasteiger partial charge in [0.25, 0.3) is 0 Å². The number of benzene rings is 2. The van der Waals surface area contributed by atoms with Crippen molar-refractivity contribution in [2.75, 3.05) is 5.32 Å². The van der Waals surface area contributed by atoms with Gasteiger partial charge in [-0.1, -0.05) is 12.1 Å². The lowest BCUT2D eigenvalue weighted by molar-refractivity contribution is 0.626. The SMILES string of the molecule is Cc1cc(F)cc(NC(C#N)c2ccc(F)cc2)c1. The lowest BCUT2D eigenvalue weighted by Crippen LogP contribution is -2.08. The van der Waals surface area contributed by atoms with Crippen molar-refractivity contribution in [2.24, 2.45) is 0 Å². The van der Waals surface area contributed by atoms with E-state index in [0.29, 0.717) is 11.3 Å². The van der Waals surface area contributed by atoms with Gasteiger partial charge in [0.15, 0.2) is 0 Å². The molecule has 1 unspecified atom stereocenters. The van der Waals surface area contributed by atoms with Crippen LogP contribution in [0.5, 0.6) is 0 Å². The molecule has 2 nitrogen and oxygen atoms in total. The highest BCUT2D eigenvalue weighted by molar-refractivity contribution is 5.49. The Hall–Kier alpha value is -2.41. The van der Waals surface area contributed by atoms with Crippen molar-refractivity contribution in [3.05, 3.63) is 65.2 Å². The summed E-state index contributed by atoms with van der Waals surface area (Å²) in [4.78, 5) is 0. The van der Waals surface area contributed by atoms with Crippen molar-refractivity contribution in [3.63, 3.8) is 0 Å². The fourth-order valence-corrected chi connectivity index (χ4v) is 1.83. The van der Waals surface area contributed by atoms with Gasteiger partial charge in [0.05, 0.1) is 6.07 Å². The van der Waals surface area contributed by atoms with E-state index in [0.717, 1.165) is 5.56 Å². The van der Waals surface area contributed by atoms with E-state index in [2.05, 4.69) is 11.4 Å². The average Bonchev–Trinajstić information content (AvgIpc) is 2.36. The molecule has 4 heteroatoms. The van der Waals surface area contributed by atoms with Gasteiger partial charge in [-0.05, 0) is 48.4 Å². The van der Waals surface area contributed by atoms with Crippen LogP contribution < -0.4 is 5.32 Å². The summed E-state index contributed by atoms with van der Waals surface area (Å²) in [5.74, 6) is -0.722. The number of rotatable bonds is 3. The first kappa shape index (κ1) is 13.0. The number of nitriles is 1. The van der Waals surface area contributed by atoms with Crippen LogP contribution in [0, 0.1) is 29.9 Å². The predicted molar refractivity (Wildman–Crippen MR) is 69.5 cm³/mol. The minimum absolute atomic E-state index is 0.359. The van der Waals surface area contributed by atoms with Crippen LogP contribution in [0.15, 0.2) is 42.5 Å². The molecule has 1 N–H and O–H groups in total. The molecule has 0 aliphatic heterocycles. The average molecular weight is 258 g/mol. The molecular formula is C15H12F2N2. The van der Waals surface area contributed by atoms with Gasteiger partial charge in [-0.2, -0.15) is 5.26 Å². The van der Waals surface area contributed by atoms with Crippen molar-refractivity contribution in [2.45, 2.75) is 13.0 Å². The third-order valence-corrected chi connectivity index (χ3v) is 2.69. The molecule has 0 radical (unpaired) electrons. The van der Waals surface area contributed by atoms with Crippen molar-refractivity contribution in [3.8, 4) is 6.07 Å².